The average Bonchev–Trinajstić information content (AvgIpc) is 2.03. The molecule has 0 heterocycles. The van der Waals surface area contributed by atoms with Crippen molar-refractivity contribution < 1.29 is 0 Å². The third-order valence-corrected chi connectivity index (χ3v) is 4.51. The summed E-state index contributed by atoms with van der Waals surface area (Å²) < 4.78 is 0. The fraction of sp³-hybridized carbons (Fsp3) is 1.00. The molecule has 62 valence electrons. The van der Waals surface area contributed by atoms with Crippen molar-refractivity contribution in [2.45, 2.75) is 31.7 Å². The summed E-state index contributed by atoms with van der Waals surface area (Å²) in [6.07, 6.45) is 6.17. The minimum Gasteiger partial charge on any atom is -0.316 e. The standard InChI is InChI=1S/C10H17N/c1-11-10-6-2-3-8-7(4-6)5-9(8)10/h6-11H,2-5H2,1H3. The van der Waals surface area contributed by atoms with Gasteiger partial charge >= 0.3 is 0 Å². The molecule has 5 unspecified atom stereocenters. The van der Waals surface area contributed by atoms with Crippen molar-refractivity contribution in [3.8, 4) is 0 Å². The zero-order valence-corrected chi connectivity index (χ0v) is 7.22. The summed E-state index contributed by atoms with van der Waals surface area (Å²) in [5.74, 6) is 4.42. The lowest BCUT2D eigenvalue weighted by Crippen LogP contribution is -2.61. The Hall–Kier alpha value is -0.0400. The molecule has 5 aliphatic carbocycles. The topological polar surface area (TPSA) is 12.0 Å². The maximum atomic E-state index is 3.52. The Bertz CT molecular complexity index is 174. The van der Waals surface area contributed by atoms with E-state index < -0.39 is 0 Å². The second-order valence-electron chi connectivity index (χ2n) is 4.71. The molecule has 0 aromatic rings. The molecular formula is C10H17N. The lowest BCUT2D eigenvalue weighted by atomic mass is 9.46. The lowest BCUT2D eigenvalue weighted by Gasteiger charge is -2.61. The number of rotatable bonds is 1. The van der Waals surface area contributed by atoms with Crippen molar-refractivity contribution in [2.24, 2.45) is 23.7 Å². The molecule has 0 aromatic heterocycles. The van der Waals surface area contributed by atoms with Gasteiger partial charge in [0.1, 0.15) is 0 Å². The first-order valence-electron chi connectivity index (χ1n) is 5.07. The monoisotopic (exact) mass is 151 g/mol. The van der Waals surface area contributed by atoms with E-state index in [1.807, 2.05) is 0 Å². The van der Waals surface area contributed by atoms with Crippen LogP contribution >= 0.6 is 0 Å². The molecule has 1 nitrogen and oxygen atoms in total. The van der Waals surface area contributed by atoms with Crippen LogP contribution in [0, 0.1) is 23.7 Å². The van der Waals surface area contributed by atoms with E-state index in [0.29, 0.717) is 0 Å². The van der Waals surface area contributed by atoms with Crippen molar-refractivity contribution in [3.63, 3.8) is 0 Å². The second kappa shape index (κ2) is 2.01. The molecular weight excluding hydrogens is 134 g/mol. The molecule has 0 spiro atoms. The van der Waals surface area contributed by atoms with Crippen LogP contribution in [0.2, 0.25) is 0 Å². The highest BCUT2D eigenvalue weighted by molar-refractivity contribution is 5.07. The fourth-order valence-corrected chi connectivity index (χ4v) is 4.03. The summed E-state index contributed by atoms with van der Waals surface area (Å²) in [6, 6.07) is 0.902. The largest absolute Gasteiger partial charge is 0.316 e. The summed E-state index contributed by atoms with van der Waals surface area (Å²) in [5, 5.41) is 3.52. The van der Waals surface area contributed by atoms with E-state index in [1.165, 1.54) is 6.42 Å². The summed E-state index contributed by atoms with van der Waals surface area (Å²) in [6.45, 7) is 0. The van der Waals surface area contributed by atoms with Crippen molar-refractivity contribution in [3.05, 3.63) is 0 Å². The Morgan fingerprint density at radius 2 is 1.91 bits per heavy atom. The summed E-state index contributed by atoms with van der Waals surface area (Å²) in [7, 11) is 2.15. The molecule has 4 bridgehead atoms. The van der Waals surface area contributed by atoms with Gasteiger partial charge in [-0.15, -0.1) is 0 Å². The molecule has 5 rings (SSSR count). The highest BCUT2D eigenvalue weighted by Crippen LogP contribution is 2.59. The summed E-state index contributed by atoms with van der Waals surface area (Å²) >= 11 is 0. The molecule has 0 aliphatic heterocycles. The third kappa shape index (κ3) is 0.658. The maximum absolute atomic E-state index is 3.52. The zero-order valence-electron chi connectivity index (χ0n) is 7.22. The molecule has 1 heteroatoms. The van der Waals surface area contributed by atoms with Gasteiger partial charge in [-0.25, -0.2) is 0 Å². The van der Waals surface area contributed by atoms with E-state index in [9.17, 15) is 0 Å². The number of fused-ring (bicyclic) bond motifs is 1. The van der Waals surface area contributed by atoms with Crippen LogP contribution in [0.15, 0.2) is 0 Å². The Morgan fingerprint density at radius 1 is 1.00 bits per heavy atom. The van der Waals surface area contributed by atoms with Crippen LogP contribution in [0.3, 0.4) is 0 Å². The van der Waals surface area contributed by atoms with Crippen molar-refractivity contribution in [2.75, 3.05) is 7.05 Å². The SMILES string of the molecule is CNC1C2CCC3C(C2)CC31. The highest BCUT2D eigenvalue weighted by atomic mass is 14.9. The molecule has 5 saturated carbocycles. The molecule has 1 N–H and O–H groups in total. The van der Waals surface area contributed by atoms with Gasteiger partial charge in [-0.05, 0) is 56.4 Å². The van der Waals surface area contributed by atoms with Gasteiger partial charge in [0.2, 0.25) is 0 Å². The van der Waals surface area contributed by atoms with Crippen LogP contribution in [0.5, 0.6) is 0 Å². The number of hydrogen-bond donors (Lipinski definition) is 1. The van der Waals surface area contributed by atoms with Gasteiger partial charge in [0.15, 0.2) is 0 Å². The van der Waals surface area contributed by atoms with E-state index in [0.717, 1.165) is 29.7 Å². The van der Waals surface area contributed by atoms with E-state index in [1.54, 1.807) is 19.3 Å². The van der Waals surface area contributed by atoms with Gasteiger partial charge in [-0.3, -0.25) is 0 Å². The zero-order chi connectivity index (χ0) is 7.42. The Kier molecular flexibility index (Phi) is 1.18. The van der Waals surface area contributed by atoms with Crippen LogP contribution < -0.4 is 5.32 Å². The van der Waals surface area contributed by atoms with Crippen LogP contribution in [-0.2, 0) is 0 Å². The van der Waals surface area contributed by atoms with Gasteiger partial charge in [0.05, 0.1) is 0 Å². The molecule has 11 heavy (non-hydrogen) atoms. The third-order valence-electron chi connectivity index (χ3n) is 4.51. The van der Waals surface area contributed by atoms with Crippen LogP contribution in [0.25, 0.3) is 0 Å². The molecule has 0 aromatic carbocycles. The smallest absolute Gasteiger partial charge is 0.0123 e. The molecule has 0 amide bonds. The Morgan fingerprint density at radius 3 is 2.36 bits per heavy atom. The normalized spacial score (nSPS) is 59.2. The first kappa shape index (κ1) is 6.47. The van der Waals surface area contributed by atoms with Gasteiger partial charge in [-0.2, -0.15) is 0 Å². The van der Waals surface area contributed by atoms with Crippen LogP contribution in [0.4, 0.5) is 0 Å². The molecule has 5 atom stereocenters. The first-order valence-corrected chi connectivity index (χ1v) is 5.07. The lowest BCUT2D eigenvalue weighted by molar-refractivity contribution is -0.0957. The second-order valence-corrected chi connectivity index (χ2v) is 4.71. The van der Waals surface area contributed by atoms with E-state index >= 15 is 0 Å². The molecule has 0 radical (unpaired) electrons. The summed E-state index contributed by atoms with van der Waals surface area (Å²) in [4.78, 5) is 0. The quantitative estimate of drug-likeness (QED) is 0.600. The minimum absolute atomic E-state index is 0.902. The Labute approximate surface area is 68.6 Å². The fourth-order valence-electron chi connectivity index (χ4n) is 4.03. The molecule has 0 saturated heterocycles. The summed E-state index contributed by atoms with van der Waals surface area (Å²) in [5.41, 5.74) is 0. The highest BCUT2D eigenvalue weighted by Gasteiger charge is 2.55. The van der Waals surface area contributed by atoms with E-state index in [2.05, 4.69) is 12.4 Å². The van der Waals surface area contributed by atoms with Crippen LogP contribution in [0.1, 0.15) is 25.7 Å². The predicted molar refractivity (Wildman–Crippen MR) is 45.3 cm³/mol. The van der Waals surface area contributed by atoms with Crippen molar-refractivity contribution in [1.82, 2.24) is 5.32 Å². The van der Waals surface area contributed by atoms with Gasteiger partial charge in [-0.1, -0.05) is 0 Å². The van der Waals surface area contributed by atoms with Crippen LogP contribution in [-0.4, -0.2) is 13.1 Å². The van der Waals surface area contributed by atoms with Crippen molar-refractivity contribution >= 4 is 0 Å². The van der Waals surface area contributed by atoms with Gasteiger partial charge in [0.25, 0.3) is 0 Å². The number of hydrogen-bond acceptors (Lipinski definition) is 1. The Balaban J connectivity index is 1.87. The van der Waals surface area contributed by atoms with Crippen molar-refractivity contribution in [1.29, 1.82) is 0 Å². The predicted octanol–water partition coefficient (Wildman–Crippen LogP) is 1.64. The minimum atomic E-state index is 0.902. The maximum Gasteiger partial charge on any atom is 0.0123 e. The van der Waals surface area contributed by atoms with E-state index in [-0.39, 0.29) is 0 Å². The van der Waals surface area contributed by atoms with Gasteiger partial charge in [0, 0.05) is 6.04 Å². The average molecular weight is 151 g/mol. The molecule has 5 aliphatic rings. The first-order chi connectivity index (χ1) is 5.40. The van der Waals surface area contributed by atoms with E-state index in [4.69, 9.17) is 0 Å². The van der Waals surface area contributed by atoms with Gasteiger partial charge < -0.3 is 5.32 Å². The number of nitrogens with one attached hydrogen (secondary N) is 1. The molecule has 5 fully saturated rings.